The van der Waals surface area contributed by atoms with E-state index in [9.17, 15) is 13.5 Å². The van der Waals surface area contributed by atoms with Crippen LogP contribution in [0.4, 0.5) is 0 Å². The van der Waals surface area contributed by atoms with Crippen LogP contribution in [0.15, 0.2) is 0 Å². The van der Waals surface area contributed by atoms with Crippen LogP contribution in [0.3, 0.4) is 0 Å². The molecule has 0 aliphatic heterocycles. The monoisotopic (exact) mass is 236 g/mol. The van der Waals surface area contributed by atoms with Crippen LogP contribution in [0.1, 0.15) is 46.5 Å². The SMILES string of the molecule is CCCC(C)(CO)CCS(=O)(=O)CCC. The lowest BCUT2D eigenvalue weighted by Crippen LogP contribution is -2.25. The van der Waals surface area contributed by atoms with Gasteiger partial charge < -0.3 is 5.11 Å². The van der Waals surface area contributed by atoms with Crippen LogP contribution in [0.5, 0.6) is 0 Å². The first-order valence-corrected chi connectivity index (χ1v) is 7.52. The minimum atomic E-state index is -2.90. The molecule has 4 heteroatoms. The van der Waals surface area contributed by atoms with Gasteiger partial charge in [0.05, 0.1) is 5.75 Å². The molecule has 0 bridgehead atoms. The molecule has 0 aliphatic rings. The van der Waals surface area contributed by atoms with Crippen LogP contribution in [-0.4, -0.2) is 31.6 Å². The van der Waals surface area contributed by atoms with Gasteiger partial charge in [-0.25, -0.2) is 8.42 Å². The van der Waals surface area contributed by atoms with Gasteiger partial charge in [-0.1, -0.05) is 27.2 Å². The summed E-state index contributed by atoms with van der Waals surface area (Å²) in [5.74, 6) is 0.471. The highest BCUT2D eigenvalue weighted by molar-refractivity contribution is 7.91. The Morgan fingerprint density at radius 3 is 2.07 bits per heavy atom. The third-order valence-corrected chi connectivity index (χ3v) is 4.62. The van der Waals surface area contributed by atoms with E-state index in [-0.39, 0.29) is 23.5 Å². The van der Waals surface area contributed by atoms with E-state index in [4.69, 9.17) is 0 Å². The Morgan fingerprint density at radius 2 is 1.67 bits per heavy atom. The van der Waals surface area contributed by atoms with Crippen molar-refractivity contribution < 1.29 is 13.5 Å². The van der Waals surface area contributed by atoms with Crippen molar-refractivity contribution in [2.24, 2.45) is 5.41 Å². The van der Waals surface area contributed by atoms with Gasteiger partial charge in [-0.15, -0.1) is 0 Å². The maximum Gasteiger partial charge on any atom is 0.150 e. The average Bonchev–Trinajstić information content (AvgIpc) is 2.16. The molecule has 3 nitrogen and oxygen atoms in total. The van der Waals surface area contributed by atoms with Crippen molar-refractivity contribution in [3.05, 3.63) is 0 Å². The van der Waals surface area contributed by atoms with Crippen molar-refractivity contribution >= 4 is 9.84 Å². The van der Waals surface area contributed by atoms with E-state index in [0.717, 1.165) is 12.8 Å². The molecule has 0 rings (SSSR count). The molecular weight excluding hydrogens is 212 g/mol. The van der Waals surface area contributed by atoms with Gasteiger partial charge in [0.15, 0.2) is 0 Å². The molecule has 92 valence electrons. The second-order valence-electron chi connectivity index (χ2n) is 4.62. The second-order valence-corrected chi connectivity index (χ2v) is 6.92. The zero-order valence-corrected chi connectivity index (χ0v) is 10.9. The molecule has 15 heavy (non-hydrogen) atoms. The molecule has 0 radical (unpaired) electrons. The van der Waals surface area contributed by atoms with E-state index in [1.807, 2.05) is 13.8 Å². The predicted molar refractivity (Wildman–Crippen MR) is 63.7 cm³/mol. The maximum absolute atomic E-state index is 11.5. The summed E-state index contributed by atoms with van der Waals surface area (Å²) in [5.41, 5.74) is -0.227. The molecule has 0 amide bonds. The molecule has 0 fully saturated rings. The second kappa shape index (κ2) is 6.48. The minimum Gasteiger partial charge on any atom is -0.396 e. The first-order chi connectivity index (χ1) is 6.89. The van der Waals surface area contributed by atoms with Gasteiger partial charge in [-0.3, -0.25) is 0 Å². The number of sulfone groups is 1. The van der Waals surface area contributed by atoms with Crippen molar-refractivity contribution in [1.29, 1.82) is 0 Å². The highest BCUT2D eigenvalue weighted by atomic mass is 32.2. The largest absolute Gasteiger partial charge is 0.396 e. The quantitative estimate of drug-likeness (QED) is 0.701. The van der Waals surface area contributed by atoms with Crippen molar-refractivity contribution in [3.8, 4) is 0 Å². The van der Waals surface area contributed by atoms with Crippen molar-refractivity contribution in [2.45, 2.75) is 46.5 Å². The van der Waals surface area contributed by atoms with Crippen LogP contribution in [0, 0.1) is 5.41 Å². The van der Waals surface area contributed by atoms with E-state index in [0.29, 0.717) is 12.8 Å². The van der Waals surface area contributed by atoms with Crippen LogP contribution in [0.25, 0.3) is 0 Å². The summed E-state index contributed by atoms with van der Waals surface area (Å²) in [6.07, 6.45) is 3.10. The van der Waals surface area contributed by atoms with E-state index in [1.54, 1.807) is 0 Å². The molecule has 0 saturated heterocycles. The Bertz CT molecular complexity index is 259. The Hall–Kier alpha value is -0.0900. The molecule has 1 atom stereocenters. The van der Waals surface area contributed by atoms with E-state index in [1.165, 1.54) is 0 Å². The molecule has 0 aromatic rings. The topological polar surface area (TPSA) is 54.4 Å². The molecule has 0 aromatic heterocycles. The number of hydrogen-bond donors (Lipinski definition) is 1. The summed E-state index contributed by atoms with van der Waals surface area (Å²) in [6, 6.07) is 0. The molecule has 0 heterocycles. The van der Waals surface area contributed by atoms with Gasteiger partial charge in [0, 0.05) is 12.4 Å². The van der Waals surface area contributed by atoms with Gasteiger partial charge in [0.25, 0.3) is 0 Å². The Kier molecular flexibility index (Phi) is 6.44. The lowest BCUT2D eigenvalue weighted by atomic mass is 9.84. The summed E-state index contributed by atoms with van der Waals surface area (Å²) in [6.45, 7) is 5.95. The Morgan fingerprint density at radius 1 is 1.07 bits per heavy atom. The van der Waals surface area contributed by atoms with Crippen molar-refractivity contribution in [1.82, 2.24) is 0 Å². The lowest BCUT2D eigenvalue weighted by molar-refractivity contribution is 0.128. The molecule has 0 aromatic carbocycles. The summed E-state index contributed by atoms with van der Waals surface area (Å²) in [7, 11) is -2.90. The van der Waals surface area contributed by atoms with Crippen LogP contribution in [-0.2, 0) is 9.84 Å². The summed E-state index contributed by atoms with van der Waals surface area (Å²) in [5, 5.41) is 9.25. The fourth-order valence-corrected chi connectivity index (χ4v) is 3.33. The highest BCUT2D eigenvalue weighted by Crippen LogP contribution is 2.27. The fraction of sp³-hybridized carbons (Fsp3) is 1.00. The van der Waals surface area contributed by atoms with E-state index < -0.39 is 9.84 Å². The fourth-order valence-electron chi connectivity index (χ4n) is 1.70. The van der Waals surface area contributed by atoms with Gasteiger partial charge in [-0.05, 0) is 24.7 Å². The number of aliphatic hydroxyl groups is 1. The number of aliphatic hydroxyl groups excluding tert-OH is 1. The maximum atomic E-state index is 11.5. The van der Waals surface area contributed by atoms with E-state index >= 15 is 0 Å². The summed E-state index contributed by atoms with van der Waals surface area (Å²) in [4.78, 5) is 0. The Labute approximate surface area is 93.8 Å². The standard InChI is InChI=1S/C11H24O3S/c1-4-6-11(3,10-12)7-9-15(13,14)8-5-2/h12H,4-10H2,1-3H3. The number of hydrogen-bond acceptors (Lipinski definition) is 3. The van der Waals surface area contributed by atoms with Gasteiger partial charge in [0.1, 0.15) is 9.84 Å². The zero-order valence-electron chi connectivity index (χ0n) is 10.1. The first-order valence-electron chi connectivity index (χ1n) is 5.70. The van der Waals surface area contributed by atoms with Gasteiger partial charge >= 0.3 is 0 Å². The third kappa shape index (κ3) is 6.15. The van der Waals surface area contributed by atoms with Crippen molar-refractivity contribution in [2.75, 3.05) is 18.1 Å². The molecule has 1 unspecified atom stereocenters. The average molecular weight is 236 g/mol. The predicted octanol–water partition coefficient (Wildman–Crippen LogP) is 2.00. The molecule has 1 N–H and O–H groups in total. The molecule has 0 spiro atoms. The number of rotatable bonds is 8. The highest BCUT2D eigenvalue weighted by Gasteiger charge is 2.24. The molecule has 0 saturated carbocycles. The lowest BCUT2D eigenvalue weighted by Gasteiger charge is -2.26. The normalized spacial score (nSPS) is 16.3. The zero-order chi connectivity index (χ0) is 11.9. The van der Waals surface area contributed by atoms with Crippen molar-refractivity contribution in [3.63, 3.8) is 0 Å². The van der Waals surface area contributed by atoms with Crippen LogP contribution < -0.4 is 0 Å². The van der Waals surface area contributed by atoms with Gasteiger partial charge in [0.2, 0.25) is 0 Å². The third-order valence-electron chi connectivity index (χ3n) is 2.77. The van der Waals surface area contributed by atoms with Gasteiger partial charge in [-0.2, -0.15) is 0 Å². The first kappa shape index (κ1) is 14.9. The smallest absolute Gasteiger partial charge is 0.150 e. The van der Waals surface area contributed by atoms with E-state index in [2.05, 4.69) is 6.92 Å². The Balaban J connectivity index is 4.22. The molecule has 0 aliphatic carbocycles. The summed E-state index contributed by atoms with van der Waals surface area (Å²) >= 11 is 0. The van der Waals surface area contributed by atoms with Crippen LogP contribution in [0.2, 0.25) is 0 Å². The van der Waals surface area contributed by atoms with Crippen LogP contribution >= 0.6 is 0 Å². The summed E-state index contributed by atoms with van der Waals surface area (Å²) < 4.78 is 23.0. The minimum absolute atomic E-state index is 0.0719. The molecular formula is C11H24O3S.